The average Bonchev–Trinajstić information content (AvgIpc) is 2.25. The first-order chi connectivity index (χ1) is 9.21. The van der Waals surface area contributed by atoms with E-state index in [-0.39, 0.29) is 23.5 Å². The van der Waals surface area contributed by atoms with Gasteiger partial charge in [-0.25, -0.2) is 0 Å². The molecule has 0 heterocycles. The van der Waals surface area contributed by atoms with Crippen LogP contribution in [0.5, 0.6) is 5.75 Å². The van der Waals surface area contributed by atoms with Gasteiger partial charge < -0.3 is 10.1 Å². The largest absolute Gasteiger partial charge is 0.495 e. The third kappa shape index (κ3) is 5.37. The molecule has 0 saturated heterocycles. The summed E-state index contributed by atoms with van der Waals surface area (Å²) in [6.45, 7) is 1.28. The van der Waals surface area contributed by atoms with Crippen molar-refractivity contribution in [2.75, 3.05) is 12.4 Å². The molecule has 7 nitrogen and oxygen atoms in total. The van der Waals surface area contributed by atoms with Gasteiger partial charge in [-0.2, -0.15) is 8.42 Å². The van der Waals surface area contributed by atoms with Crippen LogP contribution in [0.2, 0.25) is 0 Å². The summed E-state index contributed by atoms with van der Waals surface area (Å²) in [4.78, 5) is 22.4. The zero-order valence-corrected chi connectivity index (χ0v) is 11.9. The van der Waals surface area contributed by atoms with Crippen LogP contribution < -0.4 is 10.1 Å². The van der Waals surface area contributed by atoms with E-state index in [1.54, 1.807) is 0 Å². The van der Waals surface area contributed by atoms with Gasteiger partial charge in [-0.05, 0) is 24.6 Å². The fourth-order valence-corrected chi connectivity index (χ4v) is 2.17. The second-order valence-corrected chi connectivity index (χ2v) is 5.64. The van der Waals surface area contributed by atoms with Gasteiger partial charge in [0.05, 0.1) is 19.2 Å². The molecule has 0 bridgehead atoms. The van der Waals surface area contributed by atoms with E-state index in [1.165, 1.54) is 32.2 Å². The number of hydrogen-bond donors (Lipinski definition) is 2. The van der Waals surface area contributed by atoms with E-state index >= 15 is 0 Å². The molecule has 1 aromatic rings. The van der Waals surface area contributed by atoms with Gasteiger partial charge in [0.25, 0.3) is 10.1 Å². The third-order valence-electron chi connectivity index (χ3n) is 2.30. The quantitative estimate of drug-likeness (QED) is 0.599. The van der Waals surface area contributed by atoms with Crippen molar-refractivity contribution in [1.29, 1.82) is 0 Å². The molecule has 1 aromatic carbocycles. The summed E-state index contributed by atoms with van der Waals surface area (Å²) >= 11 is 0. The first-order valence-corrected chi connectivity index (χ1v) is 7.23. The van der Waals surface area contributed by atoms with Crippen molar-refractivity contribution in [3.63, 3.8) is 0 Å². The number of Topliss-reactive ketones (excluding diaryl/α,β-unsaturated/α-hetero) is 1. The monoisotopic (exact) mass is 301 g/mol. The maximum Gasteiger partial charge on any atom is 0.269 e. The van der Waals surface area contributed by atoms with Gasteiger partial charge >= 0.3 is 0 Å². The Hall–Kier alpha value is -1.93. The maximum absolute atomic E-state index is 11.5. The molecule has 0 radical (unpaired) electrons. The number of anilines is 1. The molecule has 110 valence electrons. The minimum absolute atomic E-state index is 0.236. The molecule has 0 aliphatic rings. The van der Waals surface area contributed by atoms with Crippen LogP contribution in [0, 0.1) is 0 Å². The molecule has 0 spiro atoms. The summed E-state index contributed by atoms with van der Waals surface area (Å²) in [7, 11) is -2.78. The van der Waals surface area contributed by atoms with Crippen molar-refractivity contribution in [2.24, 2.45) is 0 Å². The Morgan fingerprint density at radius 1 is 1.35 bits per heavy atom. The van der Waals surface area contributed by atoms with Gasteiger partial charge in [0.15, 0.2) is 0 Å². The minimum atomic E-state index is -4.17. The van der Waals surface area contributed by atoms with Crippen LogP contribution in [0.1, 0.15) is 18.9 Å². The van der Waals surface area contributed by atoms with Crippen LogP contribution in [0.15, 0.2) is 18.2 Å². The Bertz CT molecular complexity index is 623. The Kier molecular flexibility index (Phi) is 5.23. The number of ketones is 1. The molecule has 0 aliphatic carbocycles. The van der Waals surface area contributed by atoms with E-state index in [4.69, 9.17) is 9.29 Å². The van der Waals surface area contributed by atoms with Crippen molar-refractivity contribution in [1.82, 2.24) is 0 Å². The smallest absolute Gasteiger partial charge is 0.269 e. The molecule has 20 heavy (non-hydrogen) atoms. The highest BCUT2D eigenvalue weighted by atomic mass is 32.2. The zero-order valence-electron chi connectivity index (χ0n) is 11.0. The molecule has 1 rings (SSSR count). The lowest BCUT2D eigenvalue weighted by Crippen LogP contribution is -2.15. The van der Waals surface area contributed by atoms with E-state index in [0.717, 1.165) is 0 Å². The van der Waals surface area contributed by atoms with E-state index in [2.05, 4.69) is 5.32 Å². The van der Waals surface area contributed by atoms with Crippen molar-refractivity contribution in [3.05, 3.63) is 23.8 Å². The number of ether oxygens (including phenoxy) is 1. The molecule has 0 aromatic heterocycles. The highest BCUT2D eigenvalue weighted by Gasteiger charge is 2.13. The van der Waals surface area contributed by atoms with E-state index in [1.807, 2.05) is 0 Å². The maximum atomic E-state index is 11.5. The molecule has 1 amide bonds. The molecule has 0 fully saturated rings. The standard InChI is InChI=1S/C12H15NO6S/c1-8(14)5-12(15)13-10-6-9(7-20(16,17)18)3-4-11(10)19-2/h3-4,6H,5,7H2,1-2H3,(H,13,15)(H,16,17,18). The average molecular weight is 301 g/mol. The number of methoxy groups -OCH3 is 1. The number of rotatable bonds is 6. The topological polar surface area (TPSA) is 110 Å². The predicted molar refractivity (Wildman–Crippen MR) is 72.2 cm³/mol. The van der Waals surface area contributed by atoms with E-state index in [0.29, 0.717) is 5.75 Å². The number of carbonyl (C=O) groups excluding carboxylic acids is 2. The SMILES string of the molecule is COc1ccc(CS(=O)(=O)O)cc1NC(=O)CC(C)=O. The Labute approximate surface area is 116 Å². The van der Waals surface area contributed by atoms with Crippen LogP contribution in [-0.2, 0) is 25.5 Å². The van der Waals surface area contributed by atoms with Gasteiger partial charge in [0.2, 0.25) is 5.91 Å². The van der Waals surface area contributed by atoms with Crippen molar-refractivity contribution >= 4 is 27.5 Å². The summed E-state index contributed by atoms with van der Waals surface area (Å²) in [6, 6.07) is 4.28. The van der Waals surface area contributed by atoms with Gasteiger partial charge in [-0.1, -0.05) is 6.07 Å². The summed E-state index contributed by atoms with van der Waals surface area (Å²) in [6.07, 6.45) is -0.286. The van der Waals surface area contributed by atoms with Crippen LogP contribution in [0.3, 0.4) is 0 Å². The molecule has 0 aliphatic heterocycles. The predicted octanol–water partition coefficient (Wildman–Crippen LogP) is 1.00. The van der Waals surface area contributed by atoms with Crippen molar-refractivity contribution in [2.45, 2.75) is 19.1 Å². The number of amides is 1. The second kappa shape index (κ2) is 6.49. The summed E-state index contributed by atoms with van der Waals surface area (Å²) < 4.78 is 35.5. The number of nitrogens with one attached hydrogen (secondary N) is 1. The second-order valence-electron chi connectivity index (χ2n) is 4.19. The lowest BCUT2D eigenvalue weighted by Gasteiger charge is -2.11. The van der Waals surface area contributed by atoms with Gasteiger partial charge in [-0.3, -0.25) is 14.1 Å². The van der Waals surface area contributed by atoms with E-state index < -0.39 is 21.8 Å². The van der Waals surface area contributed by atoms with Crippen LogP contribution >= 0.6 is 0 Å². The molecule has 8 heteroatoms. The minimum Gasteiger partial charge on any atom is -0.495 e. The fourth-order valence-electron chi connectivity index (χ4n) is 1.57. The first-order valence-electron chi connectivity index (χ1n) is 5.62. The fraction of sp³-hybridized carbons (Fsp3) is 0.333. The van der Waals surface area contributed by atoms with Crippen molar-refractivity contribution < 1.29 is 27.3 Å². The Balaban J connectivity index is 3.00. The lowest BCUT2D eigenvalue weighted by molar-refractivity contribution is -0.124. The lowest BCUT2D eigenvalue weighted by atomic mass is 10.2. The van der Waals surface area contributed by atoms with Gasteiger partial charge in [0, 0.05) is 0 Å². The number of carbonyl (C=O) groups is 2. The van der Waals surface area contributed by atoms with Gasteiger partial charge in [-0.15, -0.1) is 0 Å². The third-order valence-corrected chi connectivity index (χ3v) is 2.99. The van der Waals surface area contributed by atoms with Crippen LogP contribution in [0.4, 0.5) is 5.69 Å². The summed E-state index contributed by atoms with van der Waals surface area (Å²) in [5.41, 5.74) is 0.520. The molecular formula is C12H15NO6S. The van der Waals surface area contributed by atoms with Crippen LogP contribution in [-0.4, -0.2) is 31.8 Å². The molecular weight excluding hydrogens is 286 g/mol. The number of benzene rings is 1. The highest BCUT2D eigenvalue weighted by molar-refractivity contribution is 7.85. The summed E-state index contributed by atoms with van der Waals surface area (Å²) in [5.74, 6) is -1.08. The Morgan fingerprint density at radius 2 is 2.00 bits per heavy atom. The van der Waals surface area contributed by atoms with Crippen LogP contribution in [0.25, 0.3) is 0 Å². The van der Waals surface area contributed by atoms with Crippen molar-refractivity contribution in [3.8, 4) is 5.75 Å². The normalized spacial score (nSPS) is 10.9. The zero-order chi connectivity index (χ0) is 15.3. The Morgan fingerprint density at radius 3 is 2.50 bits per heavy atom. The molecule has 2 N–H and O–H groups in total. The highest BCUT2D eigenvalue weighted by Crippen LogP contribution is 2.26. The number of hydrogen-bond acceptors (Lipinski definition) is 5. The van der Waals surface area contributed by atoms with E-state index in [9.17, 15) is 18.0 Å². The molecule has 0 atom stereocenters. The summed E-state index contributed by atoms with van der Waals surface area (Å²) in [5, 5.41) is 2.46. The molecule has 0 unspecified atom stereocenters. The van der Waals surface area contributed by atoms with Gasteiger partial charge in [0.1, 0.15) is 17.3 Å². The first kappa shape index (κ1) is 16.1. The molecule has 0 saturated carbocycles.